The molecular formula is C11H16N4O. The van der Waals surface area contributed by atoms with Gasteiger partial charge in [0.1, 0.15) is 5.52 Å². The lowest BCUT2D eigenvalue weighted by Crippen LogP contribution is -2.18. The van der Waals surface area contributed by atoms with Gasteiger partial charge in [-0.15, -0.1) is 0 Å². The number of ether oxygens (including phenoxy) is 1. The van der Waals surface area contributed by atoms with Gasteiger partial charge >= 0.3 is 0 Å². The third-order valence-electron chi connectivity index (χ3n) is 2.46. The van der Waals surface area contributed by atoms with Crippen LogP contribution in [0.3, 0.4) is 0 Å². The Balaban J connectivity index is 2.11. The van der Waals surface area contributed by atoms with Gasteiger partial charge < -0.3 is 10.1 Å². The van der Waals surface area contributed by atoms with E-state index in [0.29, 0.717) is 6.04 Å². The van der Waals surface area contributed by atoms with Crippen molar-refractivity contribution in [2.75, 3.05) is 19.0 Å². The predicted octanol–water partition coefficient (Wildman–Crippen LogP) is 1.57. The van der Waals surface area contributed by atoms with Crippen LogP contribution in [0.2, 0.25) is 0 Å². The summed E-state index contributed by atoms with van der Waals surface area (Å²) >= 11 is 0. The summed E-state index contributed by atoms with van der Waals surface area (Å²) < 4.78 is 6.85. The number of rotatable bonds is 5. The van der Waals surface area contributed by atoms with Gasteiger partial charge in [0.05, 0.1) is 6.20 Å². The summed E-state index contributed by atoms with van der Waals surface area (Å²) in [5.41, 5.74) is 0.992. The molecule has 0 bridgehead atoms. The maximum atomic E-state index is 5.04. The lowest BCUT2D eigenvalue weighted by Gasteiger charge is -2.14. The summed E-state index contributed by atoms with van der Waals surface area (Å²) in [6.07, 6.45) is 6.29. The molecule has 2 aromatic rings. The number of methoxy groups -OCH3 is 1. The van der Waals surface area contributed by atoms with Crippen molar-refractivity contribution >= 4 is 11.3 Å². The molecule has 0 spiro atoms. The van der Waals surface area contributed by atoms with E-state index in [9.17, 15) is 0 Å². The summed E-state index contributed by atoms with van der Waals surface area (Å²) in [6.45, 7) is 2.86. The molecule has 0 fully saturated rings. The standard InChI is InChI=1S/C11H16N4O/c1-9(4-8-16-2)14-11-10-3-5-13-15(10)7-6-12-11/h3,5-7,9H,4,8H2,1-2H3,(H,12,14). The van der Waals surface area contributed by atoms with Gasteiger partial charge in [-0.1, -0.05) is 0 Å². The third-order valence-corrected chi connectivity index (χ3v) is 2.46. The molecule has 0 aliphatic rings. The van der Waals surface area contributed by atoms with E-state index in [0.717, 1.165) is 24.4 Å². The largest absolute Gasteiger partial charge is 0.385 e. The first-order valence-electron chi connectivity index (χ1n) is 5.35. The van der Waals surface area contributed by atoms with E-state index in [-0.39, 0.29) is 0 Å². The first-order valence-corrected chi connectivity index (χ1v) is 5.35. The smallest absolute Gasteiger partial charge is 0.152 e. The van der Waals surface area contributed by atoms with Gasteiger partial charge in [0.15, 0.2) is 5.82 Å². The first-order chi connectivity index (χ1) is 7.81. The molecule has 0 radical (unpaired) electrons. The maximum absolute atomic E-state index is 5.04. The number of hydrogen-bond acceptors (Lipinski definition) is 4. The van der Waals surface area contributed by atoms with Gasteiger partial charge in [0.2, 0.25) is 0 Å². The van der Waals surface area contributed by atoms with Gasteiger partial charge in [-0.05, 0) is 19.4 Å². The second-order valence-corrected chi connectivity index (χ2v) is 3.76. The van der Waals surface area contributed by atoms with Crippen molar-refractivity contribution in [2.24, 2.45) is 0 Å². The number of nitrogens with one attached hydrogen (secondary N) is 1. The molecule has 2 rings (SSSR count). The molecule has 5 nitrogen and oxygen atoms in total. The van der Waals surface area contributed by atoms with Crippen LogP contribution >= 0.6 is 0 Å². The van der Waals surface area contributed by atoms with E-state index in [4.69, 9.17) is 4.74 Å². The molecule has 2 heterocycles. The summed E-state index contributed by atoms with van der Waals surface area (Å²) in [7, 11) is 1.71. The van der Waals surface area contributed by atoms with Crippen LogP contribution in [0.1, 0.15) is 13.3 Å². The van der Waals surface area contributed by atoms with Crippen LogP contribution in [0.5, 0.6) is 0 Å². The molecule has 5 heteroatoms. The van der Waals surface area contributed by atoms with E-state index in [1.165, 1.54) is 0 Å². The van der Waals surface area contributed by atoms with Crippen molar-refractivity contribution in [1.29, 1.82) is 0 Å². The molecule has 0 aliphatic heterocycles. The Morgan fingerprint density at radius 2 is 2.38 bits per heavy atom. The van der Waals surface area contributed by atoms with Gasteiger partial charge in [0.25, 0.3) is 0 Å². The minimum atomic E-state index is 0.327. The van der Waals surface area contributed by atoms with Crippen LogP contribution in [0, 0.1) is 0 Å². The van der Waals surface area contributed by atoms with Crippen molar-refractivity contribution in [3.8, 4) is 0 Å². The van der Waals surface area contributed by atoms with Crippen LogP contribution in [-0.2, 0) is 4.74 Å². The fourth-order valence-corrected chi connectivity index (χ4v) is 1.57. The molecule has 1 N–H and O–H groups in total. The monoisotopic (exact) mass is 220 g/mol. The normalized spacial score (nSPS) is 12.9. The number of anilines is 1. The second kappa shape index (κ2) is 4.94. The number of nitrogens with zero attached hydrogens (tertiary/aromatic N) is 3. The molecule has 0 saturated heterocycles. The zero-order valence-electron chi connectivity index (χ0n) is 9.55. The molecule has 2 aromatic heterocycles. The summed E-state index contributed by atoms with van der Waals surface area (Å²) in [5, 5.41) is 7.51. The number of fused-ring (bicyclic) bond motifs is 1. The minimum absolute atomic E-state index is 0.327. The zero-order chi connectivity index (χ0) is 11.4. The zero-order valence-corrected chi connectivity index (χ0v) is 9.55. The van der Waals surface area contributed by atoms with E-state index in [2.05, 4.69) is 22.3 Å². The molecule has 1 unspecified atom stereocenters. The molecule has 16 heavy (non-hydrogen) atoms. The van der Waals surface area contributed by atoms with E-state index in [1.54, 1.807) is 24.0 Å². The molecular weight excluding hydrogens is 204 g/mol. The lowest BCUT2D eigenvalue weighted by molar-refractivity contribution is 0.191. The van der Waals surface area contributed by atoms with Gasteiger partial charge in [-0.2, -0.15) is 5.10 Å². The van der Waals surface area contributed by atoms with Crippen molar-refractivity contribution in [3.05, 3.63) is 24.7 Å². The van der Waals surface area contributed by atoms with Crippen LogP contribution in [0.15, 0.2) is 24.7 Å². The van der Waals surface area contributed by atoms with Crippen molar-refractivity contribution in [2.45, 2.75) is 19.4 Å². The second-order valence-electron chi connectivity index (χ2n) is 3.76. The highest BCUT2D eigenvalue weighted by Crippen LogP contribution is 2.14. The van der Waals surface area contributed by atoms with Crippen molar-refractivity contribution in [1.82, 2.24) is 14.6 Å². The Bertz CT molecular complexity index is 454. The highest BCUT2D eigenvalue weighted by molar-refractivity contribution is 5.66. The lowest BCUT2D eigenvalue weighted by atomic mass is 10.2. The highest BCUT2D eigenvalue weighted by atomic mass is 16.5. The Morgan fingerprint density at radius 3 is 3.19 bits per heavy atom. The van der Waals surface area contributed by atoms with Gasteiger partial charge in [-0.25, -0.2) is 9.50 Å². The Morgan fingerprint density at radius 1 is 1.50 bits per heavy atom. The van der Waals surface area contributed by atoms with Crippen LogP contribution in [-0.4, -0.2) is 34.4 Å². The fraction of sp³-hybridized carbons (Fsp3) is 0.455. The van der Waals surface area contributed by atoms with Gasteiger partial charge in [-0.3, -0.25) is 0 Å². The van der Waals surface area contributed by atoms with Crippen molar-refractivity contribution < 1.29 is 4.74 Å². The average Bonchev–Trinajstić information content (AvgIpc) is 2.75. The number of aromatic nitrogens is 3. The predicted molar refractivity (Wildman–Crippen MR) is 62.6 cm³/mol. The third kappa shape index (κ3) is 2.30. The summed E-state index contributed by atoms with van der Waals surface area (Å²) in [4.78, 5) is 4.31. The maximum Gasteiger partial charge on any atom is 0.152 e. The van der Waals surface area contributed by atoms with Crippen LogP contribution in [0.25, 0.3) is 5.52 Å². The van der Waals surface area contributed by atoms with Crippen LogP contribution in [0.4, 0.5) is 5.82 Å². The van der Waals surface area contributed by atoms with Crippen LogP contribution < -0.4 is 5.32 Å². The highest BCUT2D eigenvalue weighted by Gasteiger charge is 2.06. The molecule has 86 valence electrons. The van der Waals surface area contributed by atoms with Crippen molar-refractivity contribution in [3.63, 3.8) is 0 Å². The number of hydrogen-bond donors (Lipinski definition) is 1. The fourth-order valence-electron chi connectivity index (χ4n) is 1.57. The minimum Gasteiger partial charge on any atom is -0.385 e. The molecule has 0 aromatic carbocycles. The Kier molecular flexibility index (Phi) is 3.36. The Hall–Kier alpha value is -1.62. The first kappa shape index (κ1) is 10.9. The molecule has 0 saturated carbocycles. The van der Waals surface area contributed by atoms with E-state index >= 15 is 0 Å². The Labute approximate surface area is 94.4 Å². The topological polar surface area (TPSA) is 51.5 Å². The van der Waals surface area contributed by atoms with E-state index < -0.39 is 0 Å². The molecule has 0 amide bonds. The summed E-state index contributed by atoms with van der Waals surface area (Å²) in [5.74, 6) is 0.864. The average molecular weight is 220 g/mol. The SMILES string of the molecule is COCCC(C)Nc1nccn2nccc12. The molecule has 1 atom stereocenters. The quantitative estimate of drug-likeness (QED) is 0.831. The summed E-state index contributed by atoms with van der Waals surface area (Å²) in [6, 6.07) is 2.27. The van der Waals surface area contributed by atoms with Gasteiger partial charge in [0, 0.05) is 32.2 Å². The van der Waals surface area contributed by atoms with E-state index in [1.807, 2.05) is 12.3 Å². The molecule has 0 aliphatic carbocycles.